The summed E-state index contributed by atoms with van der Waals surface area (Å²) >= 11 is 0. The summed E-state index contributed by atoms with van der Waals surface area (Å²) in [5.74, 6) is -21.3. The largest absolute Gasteiger partial charge is 1.00 e. The Morgan fingerprint density at radius 3 is 1.74 bits per heavy atom. The Morgan fingerprint density at radius 1 is 0.935 bits per heavy atom. The van der Waals surface area contributed by atoms with Crippen LogP contribution in [0.2, 0.25) is 0 Å². The molecule has 0 amide bonds. The third kappa shape index (κ3) is 5.95. The first-order valence-electron chi connectivity index (χ1n) is 8.12. The zero-order valence-corrected chi connectivity index (χ0v) is 18.8. The Labute approximate surface area is 193 Å². The number of hydrogen-bond acceptors (Lipinski definition) is 4. The number of rotatable bonds is 9. The molecule has 15 heteroatoms. The van der Waals surface area contributed by atoms with E-state index < -0.39 is 62.6 Å². The molecule has 0 aromatic heterocycles. The van der Waals surface area contributed by atoms with Gasteiger partial charge in [0.2, 0.25) is 0 Å². The normalized spacial score (nSPS) is 14.7. The van der Waals surface area contributed by atoms with Gasteiger partial charge < -0.3 is 4.55 Å². The third-order valence-corrected chi connectivity index (χ3v) is 5.28. The van der Waals surface area contributed by atoms with E-state index in [0.717, 1.165) is 0 Å². The Bertz CT molecular complexity index is 868. The molecule has 0 fully saturated rings. The van der Waals surface area contributed by atoms with Crippen molar-refractivity contribution in [2.75, 3.05) is 0 Å². The monoisotopic (exact) mass is 496 g/mol. The second-order valence-electron chi connectivity index (χ2n) is 6.29. The van der Waals surface area contributed by atoms with Gasteiger partial charge in [-0.3, -0.25) is 4.79 Å². The van der Waals surface area contributed by atoms with E-state index >= 15 is 0 Å². The molecule has 0 aliphatic rings. The van der Waals surface area contributed by atoms with Crippen LogP contribution in [-0.2, 0) is 16.0 Å². The van der Waals surface area contributed by atoms with Crippen LogP contribution in [0.25, 0.3) is 0 Å². The molecule has 0 heterocycles. The molecular weight excluding hydrogens is 482 g/mol. The van der Waals surface area contributed by atoms with Gasteiger partial charge in [0.05, 0.1) is 0 Å². The van der Waals surface area contributed by atoms with Crippen LogP contribution in [0, 0.1) is 0 Å². The van der Waals surface area contributed by atoms with Crippen molar-refractivity contribution in [3.05, 3.63) is 35.4 Å². The summed E-state index contributed by atoms with van der Waals surface area (Å²) in [6.07, 6.45) is -6.90. The van der Waals surface area contributed by atoms with E-state index in [4.69, 9.17) is 0 Å². The molecule has 0 aliphatic heterocycles. The summed E-state index contributed by atoms with van der Waals surface area (Å²) in [5.41, 5.74) is -2.69. The summed E-state index contributed by atoms with van der Waals surface area (Å²) < 4.78 is 151. The van der Waals surface area contributed by atoms with Gasteiger partial charge in [0.25, 0.3) is 0 Å². The smallest absolute Gasteiger partial charge is 0.747 e. The molecule has 0 bridgehead atoms. The van der Waals surface area contributed by atoms with Crippen molar-refractivity contribution in [1.29, 1.82) is 0 Å². The molecule has 0 saturated carbocycles. The Hall–Kier alpha value is -0.830. The van der Waals surface area contributed by atoms with Gasteiger partial charge in [-0.05, 0) is 6.42 Å². The predicted molar refractivity (Wildman–Crippen MR) is 83.6 cm³/mol. The standard InChI is InChI=1S/C16H15F9O4S.Na/c1-2-3-4-11(30(27,28)29)12(26)9-5-7-10(8-6-9)13(17,18)14(19,20)15(21,22)16(23,24)25;/h5-8,11H,2-4H2,1H3,(H,27,28,29);/q;+1/p-1. The number of benzene rings is 1. The van der Waals surface area contributed by atoms with E-state index in [1.807, 2.05) is 0 Å². The van der Waals surface area contributed by atoms with Gasteiger partial charge in [-0.2, -0.15) is 39.5 Å². The maximum atomic E-state index is 13.8. The Kier molecular flexibility index (Phi) is 9.71. The molecule has 0 N–H and O–H groups in total. The first kappa shape index (κ1) is 30.2. The van der Waals surface area contributed by atoms with E-state index in [-0.39, 0.29) is 48.1 Å². The minimum atomic E-state index is -7.08. The number of alkyl halides is 9. The number of Topliss-reactive ketones (excluding diaryl/α,β-unsaturated/α-hetero) is 1. The van der Waals surface area contributed by atoms with Crippen LogP contribution >= 0.6 is 0 Å². The summed E-state index contributed by atoms with van der Waals surface area (Å²) in [6.45, 7) is 1.60. The fourth-order valence-corrected chi connectivity index (χ4v) is 3.24. The van der Waals surface area contributed by atoms with E-state index in [1.165, 1.54) is 0 Å². The Morgan fingerprint density at radius 2 is 1.39 bits per heavy atom. The molecule has 0 aliphatic carbocycles. The number of hydrogen-bond donors (Lipinski definition) is 0. The molecule has 0 radical (unpaired) electrons. The van der Waals surface area contributed by atoms with Crippen LogP contribution in [0.3, 0.4) is 0 Å². The SMILES string of the molecule is CCCCC(C(=O)c1ccc(C(F)(F)C(F)(F)C(F)(F)C(F)(F)F)cc1)S(=O)(=O)[O-].[Na+]. The molecule has 0 saturated heterocycles. The fourth-order valence-electron chi connectivity index (χ4n) is 2.38. The van der Waals surface area contributed by atoms with Crippen molar-refractivity contribution in [1.82, 2.24) is 0 Å². The number of carbonyl (C=O) groups is 1. The average Bonchev–Trinajstić information content (AvgIpc) is 2.59. The molecule has 4 nitrogen and oxygen atoms in total. The summed E-state index contributed by atoms with van der Waals surface area (Å²) in [7, 11) is -5.17. The summed E-state index contributed by atoms with van der Waals surface area (Å²) in [6, 6.07) is 0.610. The number of carbonyl (C=O) groups excluding carboxylic acids is 1. The van der Waals surface area contributed by atoms with E-state index in [0.29, 0.717) is 18.6 Å². The van der Waals surface area contributed by atoms with Gasteiger partial charge in [0, 0.05) is 11.1 Å². The molecule has 1 unspecified atom stereocenters. The quantitative estimate of drug-likeness (QED) is 0.227. The summed E-state index contributed by atoms with van der Waals surface area (Å²) in [4.78, 5) is 12.2. The number of ketones is 1. The van der Waals surface area contributed by atoms with Crippen LogP contribution < -0.4 is 29.6 Å². The zero-order chi connectivity index (χ0) is 23.8. The maximum absolute atomic E-state index is 13.8. The van der Waals surface area contributed by atoms with Crippen molar-refractivity contribution < 1.29 is 86.8 Å². The van der Waals surface area contributed by atoms with Crippen LogP contribution in [0.4, 0.5) is 39.5 Å². The van der Waals surface area contributed by atoms with Crippen LogP contribution in [0.1, 0.15) is 42.1 Å². The number of halogens is 9. The fraction of sp³-hybridized carbons (Fsp3) is 0.562. The molecule has 1 rings (SSSR count). The van der Waals surface area contributed by atoms with Crippen LogP contribution in [0.5, 0.6) is 0 Å². The molecule has 1 aromatic rings. The van der Waals surface area contributed by atoms with Gasteiger partial charge in [-0.15, -0.1) is 0 Å². The molecule has 0 spiro atoms. The van der Waals surface area contributed by atoms with Crippen molar-refractivity contribution in [2.45, 2.75) is 55.4 Å². The first-order chi connectivity index (χ1) is 13.3. The molecule has 1 atom stereocenters. The first-order valence-corrected chi connectivity index (χ1v) is 9.59. The van der Waals surface area contributed by atoms with Gasteiger partial charge in [0.15, 0.2) is 5.78 Å². The maximum Gasteiger partial charge on any atom is 1.00 e. The van der Waals surface area contributed by atoms with Gasteiger partial charge in [0.1, 0.15) is 15.4 Å². The van der Waals surface area contributed by atoms with E-state index in [9.17, 15) is 57.3 Å². The van der Waals surface area contributed by atoms with E-state index in [1.54, 1.807) is 6.92 Å². The van der Waals surface area contributed by atoms with Gasteiger partial charge in [-0.1, -0.05) is 44.0 Å². The van der Waals surface area contributed by atoms with Crippen molar-refractivity contribution in [2.24, 2.45) is 0 Å². The minimum Gasteiger partial charge on any atom is -0.747 e. The Balaban J connectivity index is 0.00000900. The second-order valence-corrected chi connectivity index (χ2v) is 7.84. The second kappa shape index (κ2) is 9.98. The number of unbranched alkanes of at least 4 members (excludes halogenated alkanes) is 1. The van der Waals surface area contributed by atoms with Crippen molar-refractivity contribution in [3.8, 4) is 0 Å². The molecule has 31 heavy (non-hydrogen) atoms. The minimum absolute atomic E-state index is 0. The third-order valence-electron chi connectivity index (χ3n) is 4.14. The van der Waals surface area contributed by atoms with E-state index in [2.05, 4.69) is 0 Å². The molecule has 1 aromatic carbocycles. The molecular formula is C16H14F9NaO4S. The van der Waals surface area contributed by atoms with Crippen LogP contribution in [-0.4, -0.2) is 42.0 Å². The van der Waals surface area contributed by atoms with Crippen molar-refractivity contribution in [3.63, 3.8) is 0 Å². The zero-order valence-electron chi connectivity index (χ0n) is 16.0. The predicted octanol–water partition coefficient (Wildman–Crippen LogP) is 1.90. The summed E-state index contributed by atoms with van der Waals surface area (Å²) in [5, 5.41) is -2.11. The van der Waals surface area contributed by atoms with Crippen LogP contribution in [0.15, 0.2) is 24.3 Å². The van der Waals surface area contributed by atoms with Gasteiger partial charge >= 0.3 is 53.5 Å². The van der Waals surface area contributed by atoms with Gasteiger partial charge in [-0.25, -0.2) is 8.42 Å². The van der Waals surface area contributed by atoms with Crippen molar-refractivity contribution >= 4 is 15.9 Å². The molecule has 172 valence electrons. The average molecular weight is 496 g/mol. The topological polar surface area (TPSA) is 74.3 Å².